The molecule has 168 valence electrons. The molecular formula is C19H40N2O7. The van der Waals surface area contributed by atoms with E-state index in [-0.39, 0.29) is 11.4 Å². The van der Waals surface area contributed by atoms with Gasteiger partial charge in [-0.05, 0) is 20.8 Å². The maximum Gasteiger partial charge on any atom is 0.222 e. The van der Waals surface area contributed by atoms with Gasteiger partial charge in [-0.3, -0.25) is 4.79 Å². The van der Waals surface area contributed by atoms with Gasteiger partial charge in [-0.1, -0.05) is 0 Å². The molecule has 0 unspecified atom stereocenters. The van der Waals surface area contributed by atoms with Crippen LogP contribution >= 0.6 is 0 Å². The first-order valence-electron chi connectivity index (χ1n) is 9.93. The standard InChI is InChI=1S/C19H40N2O7/c1-19(2,3)21-18(22)4-6-23-8-10-25-12-14-27-16-17-28-15-13-26-11-9-24-7-5-20/h4-17,20H2,1-3H3,(H,21,22). The van der Waals surface area contributed by atoms with Crippen molar-refractivity contribution in [3.63, 3.8) is 0 Å². The van der Waals surface area contributed by atoms with Crippen LogP contribution in [0.4, 0.5) is 0 Å². The normalized spacial score (nSPS) is 11.7. The van der Waals surface area contributed by atoms with Gasteiger partial charge in [0, 0.05) is 18.5 Å². The molecule has 9 nitrogen and oxygen atoms in total. The molecule has 0 aliphatic rings. The number of nitrogens with one attached hydrogen (secondary N) is 1. The second-order valence-corrected chi connectivity index (χ2v) is 7.01. The van der Waals surface area contributed by atoms with E-state index < -0.39 is 0 Å². The number of ether oxygens (including phenoxy) is 6. The number of nitrogens with two attached hydrogens (primary N) is 1. The van der Waals surface area contributed by atoms with Gasteiger partial charge in [0.05, 0.1) is 79.3 Å². The SMILES string of the molecule is CC(C)(C)NC(=O)CCOCCOCCOCCOCCOCCOCCN. The van der Waals surface area contributed by atoms with E-state index in [1.54, 1.807) is 0 Å². The molecule has 0 bridgehead atoms. The summed E-state index contributed by atoms with van der Waals surface area (Å²) in [4.78, 5) is 11.6. The lowest BCUT2D eigenvalue weighted by Crippen LogP contribution is -2.40. The molecule has 0 aromatic carbocycles. The van der Waals surface area contributed by atoms with Crippen LogP contribution in [-0.4, -0.2) is 97.3 Å². The van der Waals surface area contributed by atoms with Crippen molar-refractivity contribution in [2.75, 3.05) is 85.8 Å². The highest BCUT2D eigenvalue weighted by Gasteiger charge is 2.12. The molecule has 0 saturated carbocycles. The van der Waals surface area contributed by atoms with Gasteiger partial charge in [-0.2, -0.15) is 0 Å². The molecule has 3 N–H and O–H groups in total. The van der Waals surface area contributed by atoms with Crippen LogP contribution in [0.25, 0.3) is 0 Å². The molecule has 1 amide bonds. The Morgan fingerprint density at radius 2 is 0.964 bits per heavy atom. The summed E-state index contributed by atoms with van der Waals surface area (Å²) in [6.45, 7) is 12.5. The molecule has 0 saturated heterocycles. The third kappa shape index (κ3) is 23.2. The van der Waals surface area contributed by atoms with E-state index in [2.05, 4.69) is 5.32 Å². The van der Waals surface area contributed by atoms with Crippen molar-refractivity contribution in [2.24, 2.45) is 5.73 Å². The summed E-state index contributed by atoms with van der Waals surface area (Å²) in [5, 5.41) is 2.89. The van der Waals surface area contributed by atoms with Crippen LogP contribution in [0.15, 0.2) is 0 Å². The summed E-state index contributed by atoms with van der Waals surface area (Å²) in [6, 6.07) is 0. The van der Waals surface area contributed by atoms with Gasteiger partial charge in [0.2, 0.25) is 5.91 Å². The summed E-state index contributed by atoms with van der Waals surface area (Å²) in [5.74, 6) is -0.00729. The highest BCUT2D eigenvalue weighted by atomic mass is 16.6. The molecule has 0 aromatic heterocycles. The lowest BCUT2D eigenvalue weighted by molar-refractivity contribution is -0.123. The van der Waals surface area contributed by atoms with Gasteiger partial charge in [-0.15, -0.1) is 0 Å². The molecule has 0 aliphatic carbocycles. The van der Waals surface area contributed by atoms with Crippen LogP contribution in [0.3, 0.4) is 0 Å². The van der Waals surface area contributed by atoms with Gasteiger partial charge in [0.25, 0.3) is 0 Å². The molecular weight excluding hydrogens is 368 g/mol. The molecule has 0 aliphatic heterocycles. The number of amides is 1. The Morgan fingerprint density at radius 1 is 0.643 bits per heavy atom. The number of rotatable bonds is 20. The van der Waals surface area contributed by atoms with Crippen molar-refractivity contribution >= 4 is 5.91 Å². The first-order valence-corrected chi connectivity index (χ1v) is 9.93. The van der Waals surface area contributed by atoms with Crippen LogP contribution in [-0.2, 0) is 33.2 Å². The second kappa shape index (κ2) is 19.5. The Bertz CT molecular complexity index is 352. The maximum absolute atomic E-state index is 11.6. The fraction of sp³-hybridized carbons (Fsp3) is 0.947. The third-order valence-electron chi connectivity index (χ3n) is 3.11. The van der Waals surface area contributed by atoms with E-state index >= 15 is 0 Å². The summed E-state index contributed by atoms with van der Waals surface area (Å²) < 4.78 is 32.0. The number of hydrogen-bond donors (Lipinski definition) is 2. The Morgan fingerprint density at radius 3 is 1.29 bits per heavy atom. The molecule has 0 radical (unpaired) electrons. The first-order chi connectivity index (χ1) is 13.5. The maximum atomic E-state index is 11.6. The topological polar surface area (TPSA) is 111 Å². The largest absolute Gasteiger partial charge is 0.379 e. The first kappa shape index (κ1) is 27.2. The smallest absolute Gasteiger partial charge is 0.222 e. The zero-order valence-corrected chi connectivity index (χ0v) is 17.8. The molecule has 0 aromatic rings. The van der Waals surface area contributed by atoms with Crippen molar-refractivity contribution in [1.29, 1.82) is 0 Å². The van der Waals surface area contributed by atoms with E-state index in [0.717, 1.165) is 0 Å². The second-order valence-electron chi connectivity index (χ2n) is 7.01. The van der Waals surface area contributed by atoms with E-state index in [9.17, 15) is 4.79 Å². The minimum Gasteiger partial charge on any atom is -0.379 e. The molecule has 0 rings (SSSR count). The molecule has 0 fully saturated rings. The van der Waals surface area contributed by atoms with Gasteiger partial charge >= 0.3 is 0 Å². The zero-order valence-electron chi connectivity index (χ0n) is 17.8. The van der Waals surface area contributed by atoms with Crippen LogP contribution in [0.5, 0.6) is 0 Å². The van der Waals surface area contributed by atoms with Crippen molar-refractivity contribution in [2.45, 2.75) is 32.7 Å². The van der Waals surface area contributed by atoms with Gasteiger partial charge < -0.3 is 39.5 Å². The minimum absolute atomic E-state index is 0.00729. The lowest BCUT2D eigenvalue weighted by Gasteiger charge is -2.20. The minimum atomic E-state index is -0.209. The lowest BCUT2D eigenvalue weighted by atomic mass is 10.1. The molecule has 0 heterocycles. The number of hydrogen-bond acceptors (Lipinski definition) is 8. The summed E-state index contributed by atoms with van der Waals surface area (Å²) in [7, 11) is 0. The summed E-state index contributed by atoms with van der Waals surface area (Å²) >= 11 is 0. The Kier molecular flexibility index (Phi) is 18.9. The Balaban J connectivity index is 3.11. The Hall–Kier alpha value is -0.810. The average molecular weight is 409 g/mol. The van der Waals surface area contributed by atoms with Gasteiger partial charge in [0.15, 0.2) is 0 Å². The molecule has 0 atom stereocenters. The average Bonchev–Trinajstić information content (AvgIpc) is 2.62. The van der Waals surface area contributed by atoms with Gasteiger partial charge in [0.1, 0.15) is 0 Å². The Labute approximate surface area is 169 Å². The fourth-order valence-corrected chi connectivity index (χ4v) is 1.93. The highest BCUT2D eigenvalue weighted by molar-refractivity contribution is 5.76. The van der Waals surface area contributed by atoms with Crippen LogP contribution in [0.1, 0.15) is 27.2 Å². The van der Waals surface area contributed by atoms with E-state index in [1.807, 2.05) is 20.8 Å². The predicted octanol–water partition coefficient (Wildman–Crippen LogP) is 0.350. The van der Waals surface area contributed by atoms with Crippen LogP contribution in [0.2, 0.25) is 0 Å². The monoisotopic (exact) mass is 408 g/mol. The molecule has 28 heavy (non-hydrogen) atoms. The summed E-state index contributed by atoms with van der Waals surface area (Å²) in [5.41, 5.74) is 5.09. The van der Waals surface area contributed by atoms with Crippen LogP contribution in [0, 0.1) is 0 Å². The highest BCUT2D eigenvalue weighted by Crippen LogP contribution is 1.99. The summed E-state index contributed by atoms with van der Waals surface area (Å²) in [6.07, 6.45) is 0.355. The third-order valence-corrected chi connectivity index (χ3v) is 3.11. The van der Waals surface area contributed by atoms with E-state index in [0.29, 0.717) is 92.2 Å². The number of carbonyl (C=O) groups excluding carboxylic acids is 1. The molecule has 9 heteroatoms. The molecule has 0 spiro atoms. The fourth-order valence-electron chi connectivity index (χ4n) is 1.93. The van der Waals surface area contributed by atoms with Crippen LogP contribution < -0.4 is 11.1 Å². The van der Waals surface area contributed by atoms with Crippen molar-refractivity contribution in [3.8, 4) is 0 Å². The zero-order chi connectivity index (χ0) is 20.9. The quantitative estimate of drug-likeness (QED) is 0.278. The number of carbonyl (C=O) groups is 1. The van der Waals surface area contributed by atoms with E-state index in [4.69, 9.17) is 34.2 Å². The predicted molar refractivity (Wildman–Crippen MR) is 106 cm³/mol. The van der Waals surface area contributed by atoms with E-state index in [1.165, 1.54) is 0 Å². The van der Waals surface area contributed by atoms with Crippen molar-refractivity contribution < 1.29 is 33.2 Å². The van der Waals surface area contributed by atoms with Crippen molar-refractivity contribution in [3.05, 3.63) is 0 Å². The van der Waals surface area contributed by atoms with Crippen molar-refractivity contribution in [1.82, 2.24) is 5.32 Å². The van der Waals surface area contributed by atoms with Gasteiger partial charge in [-0.25, -0.2) is 0 Å².